The minimum atomic E-state index is -0.189. The monoisotopic (exact) mass is 414 g/mol. The molecule has 6 nitrogen and oxygen atoms in total. The summed E-state index contributed by atoms with van der Waals surface area (Å²) in [5.74, 6) is -0.154. The van der Waals surface area contributed by atoms with Gasteiger partial charge in [-0.1, -0.05) is 35.9 Å². The molecule has 7 heteroatoms. The second-order valence-corrected chi connectivity index (χ2v) is 8.02. The van der Waals surface area contributed by atoms with Crippen LogP contribution in [0.5, 0.6) is 0 Å². The van der Waals surface area contributed by atoms with Gasteiger partial charge in [0, 0.05) is 30.3 Å². The Morgan fingerprint density at radius 1 is 1.14 bits per heavy atom. The number of rotatable bonds is 5. The number of hydrogen-bond donors (Lipinski definition) is 3. The normalized spacial score (nSPS) is 23.0. The van der Waals surface area contributed by atoms with E-state index in [1.54, 1.807) is 0 Å². The highest BCUT2D eigenvalue weighted by Crippen LogP contribution is 2.27. The number of amides is 1. The number of ether oxygens (including phenoxy) is 1. The fraction of sp³-hybridized carbons (Fsp3) is 0.409. The van der Waals surface area contributed by atoms with Gasteiger partial charge in [-0.25, -0.2) is 5.43 Å². The SMILES string of the molecule is CC(NC(=O)C1CNNC1c1ccc(Cl)cc1)c1ccc(N2CCOCC2)cc1. The number of carbonyl (C=O) groups excluding carboxylic acids is 1. The van der Waals surface area contributed by atoms with E-state index in [0.29, 0.717) is 11.6 Å². The van der Waals surface area contributed by atoms with Gasteiger partial charge in [-0.15, -0.1) is 0 Å². The van der Waals surface area contributed by atoms with Crippen molar-refractivity contribution in [3.63, 3.8) is 0 Å². The summed E-state index contributed by atoms with van der Waals surface area (Å²) in [5, 5.41) is 3.86. The largest absolute Gasteiger partial charge is 0.378 e. The zero-order valence-corrected chi connectivity index (χ0v) is 17.3. The maximum Gasteiger partial charge on any atom is 0.226 e. The zero-order valence-electron chi connectivity index (χ0n) is 16.5. The van der Waals surface area contributed by atoms with Gasteiger partial charge in [-0.05, 0) is 42.3 Å². The molecule has 2 fully saturated rings. The van der Waals surface area contributed by atoms with E-state index in [-0.39, 0.29) is 23.9 Å². The second-order valence-electron chi connectivity index (χ2n) is 7.58. The molecule has 29 heavy (non-hydrogen) atoms. The molecule has 2 saturated heterocycles. The molecule has 2 aromatic rings. The van der Waals surface area contributed by atoms with Gasteiger partial charge in [0.05, 0.1) is 31.2 Å². The van der Waals surface area contributed by atoms with Gasteiger partial charge in [0.1, 0.15) is 0 Å². The first-order valence-corrected chi connectivity index (χ1v) is 10.5. The third kappa shape index (κ3) is 4.73. The number of hydrazine groups is 1. The van der Waals surface area contributed by atoms with Crippen LogP contribution in [0, 0.1) is 5.92 Å². The van der Waals surface area contributed by atoms with Crippen molar-refractivity contribution in [2.24, 2.45) is 5.92 Å². The van der Waals surface area contributed by atoms with Crippen molar-refractivity contribution in [3.05, 3.63) is 64.7 Å². The summed E-state index contributed by atoms with van der Waals surface area (Å²) in [6, 6.07) is 15.9. The first-order valence-electron chi connectivity index (χ1n) is 10.1. The summed E-state index contributed by atoms with van der Waals surface area (Å²) in [6.07, 6.45) is 0. The summed E-state index contributed by atoms with van der Waals surface area (Å²) in [4.78, 5) is 15.3. The smallest absolute Gasteiger partial charge is 0.226 e. The Morgan fingerprint density at radius 3 is 2.52 bits per heavy atom. The molecule has 0 radical (unpaired) electrons. The number of anilines is 1. The van der Waals surface area contributed by atoms with Crippen molar-refractivity contribution in [1.29, 1.82) is 0 Å². The molecule has 4 rings (SSSR count). The van der Waals surface area contributed by atoms with Crippen molar-refractivity contribution in [3.8, 4) is 0 Å². The van der Waals surface area contributed by atoms with Gasteiger partial charge in [-0.2, -0.15) is 0 Å². The molecule has 0 bridgehead atoms. The lowest BCUT2D eigenvalue weighted by molar-refractivity contribution is -0.125. The highest BCUT2D eigenvalue weighted by Gasteiger charge is 2.34. The van der Waals surface area contributed by atoms with E-state index in [1.165, 1.54) is 5.69 Å². The minimum absolute atomic E-state index is 0.0344. The molecule has 0 spiro atoms. The van der Waals surface area contributed by atoms with Gasteiger partial charge in [0.15, 0.2) is 0 Å². The predicted molar refractivity (Wildman–Crippen MR) is 115 cm³/mol. The summed E-state index contributed by atoms with van der Waals surface area (Å²) < 4.78 is 5.42. The second kappa shape index (κ2) is 9.13. The van der Waals surface area contributed by atoms with Crippen LogP contribution in [0.4, 0.5) is 5.69 Å². The first kappa shape index (κ1) is 20.2. The van der Waals surface area contributed by atoms with Gasteiger partial charge in [0.2, 0.25) is 5.91 Å². The van der Waals surface area contributed by atoms with Crippen LogP contribution in [0.1, 0.15) is 30.1 Å². The Morgan fingerprint density at radius 2 is 1.83 bits per heavy atom. The summed E-state index contributed by atoms with van der Waals surface area (Å²) in [7, 11) is 0. The molecule has 154 valence electrons. The van der Waals surface area contributed by atoms with Crippen LogP contribution in [0.2, 0.25) is 5.02 Å². The number of benzene rings is 2. The van der Waals surface area contributed by atoms with Crippen LogP contribution in [0.25, 0.3) is 0 Å². The van der Waals surface area contributed by atoms with Crippen LogP contribution >= 0.6 is 11.6 Å². The maximum absolute atomic E-state index is 13.0. The Bertz CT molecular complexity index is 822. The topological polar surface area (TPSA) is 65.6 Å². The van der Waals surface area contributed by atoms with Crippen molar-refractivity contribution in [2.45, 2.75) is 19.0 Å². The molecule has 0 aromatic heterocycles. The fourth-order valence-electron chi connectivity index (χ4n) is 3.93. The van der Waals surface area contributed by atoms with E-state index in [4.69, 9.17) is 16.3 Å². The number of carbonyl (C=O) groups is 1. The lowest BCUT2D eigenvalue weighted by atomic mass is 9.93. The molecule has 1 amide bonds. The van der Waals surface area contributed by atoms with Gasteiger partial charge in [-0.3, -0.25) is 10.2 Å². The number of hydrogen-bond acceptors (Lipinski definition) is 5. The van der Waals surface area contributed by atoms with E-state index < -0.39 is 0 Å². The molecular formula is C22H27ClN4O2. The molecule has 3 unspecified atom stereocenters. The molecule has 3 atom stereocenters. The van der Waals surface area contributed by atoms with E-state index in [1.807, 2.05) is 31.2 Å². The number of morpholine rings is 1. The molecule has 2 aliphatic heterocycles. The van der Waals surface area contributed by atoms with Gasteiger partial charge >= 0.3 is 0 Å². The average molecular weight is 415 g/mol. The van der Waals surface area contributed by atoms with Crippen LogP contribution < -0.4 is 21.1 Å². The third-order valence-electron chi connectivity index (χ3n) is 5.68. The Balaban J connectivity index is 1.39. The molecule has 0 saturated carbocycles. The average Bonchev–Trinajstić information content (AvgIpc) is 3.25. The molecule has 0 aliphatic carbocycles. The quantitative estimate of drug-likeness (QED) is 0.702. The lowest BCUT2D eigenvalue weighted by Gasteiger charge is -2.29. The third-order valence-corrected chi connectivity index (χ3v) is 5.93. The zero-order chi connectivity index (χ0) is 20.2. The summed E-state index contributed by atoms with van der Waals surface area (Å²) >= 11 is 5.99. The van der Waals surface area contributed by atoms with E-state index >= 15 is 0 Å². The summed E-state index contributed by atoms with van der Waals surface area (Å²) in [6.45, 7) is 5.98. The number of halogens is 1. The highest BCUT2D eigenvalue weighted by molar-refractivity contribution is 6.30. The fourth-order valence-corrected chi connectivity index (χ4v) is 4.05. The van der Waals surface area contributed by atoms with Crippen molar-refractivity contribution < 1.29 is 9.53 Å². The first-order chi connectivity index (χ1) is 14.1. The standard InChI is InChI=1S/C22H27ClN4O2/c1-15(16-4-8-19(9-5-16)27-10-12-29-13-11-27)25-22(28)20-14-24-26-21(20)17-2-6-18(23)7-3-17/h2-9,15,20-21,24,26H,10-14H2,1H3,(H,25,28). The number of nitrogens with zero attached hydrogens (tertiary/aromatic N) is 1. The maximum atomic E-state index is 13.0. The van der Waals surface area contributed by atoms with Crippen molar-refractivity contribution in [2.75, 3.05) is 37.7 Å². The van der Waals surface area contributed by atoms with Crippen LogP contribution in [0.15, 0.2) is 48.5 Å². The highest BCUT2D eigenvalue weighted by atomic mass is 35.5. The van der Waals surface area contributed by atoms with Gasteiger partial charge in [0.25, 0.3) is 0 Å². The predicted octanol–water partition coefficient (Wildman–Crippen LogP) is 2.82. The molecular weight excluding hydrogens is 388 g/mol. The summed E-state index contributed by atoms with van der Waals surface area (Å²) in [5.41, 5.74) is 9.66. The Hall–Kier alpha value is -2.12. The molecule has 3 N–H and O–H groups in total. The lowest BCUT2D eigenvalue weighted by Crippen LogP contribution is -2.37. The van der Waals surface area contributed by atoms with Crippen LogP contribution in [-0.4, -0.2) is 38.8 Å². The van der Waals surface area contributed by atoms with Gasteiger partial charge < -0.3 is 15.0 Å². The van der Waals surface area contributed by atoms with E-state index in [2.05, 4.69) is 45.3 Å². The Labute approximate surface area is 176 Å². The van der Waals surface area contributed by atoms with Crippen LogP contribution in [0.3, 0.4) is 0 Å². The van der Waals surface area contributed by atoms with Crippen LogP contribution in [-0.2, 0) is 9.53 Å². The Kier molecular flexibility index (Phi) is 6.35. The molecule has 2 heterocycles. The molecule has 2 aliphatic rings. The van der Waals surface area contributed by atoms with Crippen molar-refractivity contribution in [1.82, 2.24) is 16.2 Å². The minimum Gasteiger partial charge on any atom is -0.378 e. The van der Waals surface area contributed by atoms with Crippen molar-refractivity contribution >= 4 is 23.2 Å². The molecule has 2 aromatic carbocycles. The van der Waals surface area contributed by atoms with E-state index in [9.17, 15) is 4.79 Å². The van der Waals surface area contributed by atoms with E-state index in [0.717, 1.165) is 37.4 Å². The number of nitrogens with one attached hydrogen (secondary N) is 3.